The summed E-state index contributed by atoms with van der Waals surface area (Å²) in [5, 5.41) is 0. The highest BCUT2D eigenvalue weighted by Crippen LogP contribution is 2.46. The van der Waals surface area contributed by atoms with Crippen LogP contribution >= 0.6 is 0 Å². The molecule has 0 radical (unpaired) electrons. The predicted molar refractivity (Wildman–Crippen MR) is 64.1 cm³/mol. The van der Waals surface area contributed by atoms with E-state index in [4.69, 9.17) is 4.74 Å². The Bertz CT molecular complexity index is 251. The molecule has 92 valence electrons. The number of unbranched alkanes of at least 4 members (excludes halogenated alkanes) is 1. The molecule has 1 atom stereocenters. The molecule has 2 rings (SSSR count). The van der Waals surface area contributed by atoms with Crippen LogP contribution in [-0.4, -0.2) is 11.6 Å². The van der Waals surface area contributed by atoms with Crippen LogP contribution in [0.15, 0.2) is 0 Å². The third kappa shape index (κ3) is 2.26. The maximum Gasteiger partial charge on any atom is 0.306 e. The summed E-state index contributed by atoms with van der Waals surface area (Å²) in [4.78, 5) is 11.4. The Kier molecular flexibility index (Phi) is 3.56. The van der Waals surface area contributed by atoms with Crippen LogP contribution in [0, 0.1) is 11.8 Å². The minimum absolute atomic E-state index is 0.0273. The third-order valence-electron chi connectivity index (χ3n) is 4.61. The third-order valence-corrected chi connectivity index (χ3v) is 4.61. The number of hydrogen-bond donors (Lipinski definition) is 0. The smallest absolute Gasteiger partial charge is 0.306 e. The highest BCUT2D eigenvalue weighted by Gasteiger charge is 2.48. The van der Waals surface area contributed by atoms with Crippen molar-refractivity contribution in [1.82, 2.24) is 0 Å². The van der Waals surface area contributed by atoms with E-state index in [1.54, 1.807) is 0 Å². The molecule has 1 heterocycles. The Morgan fingerprint density at radius 3 is 2.56 bits per heavy atom. The van der Waals surface area contributed by atoms with Gasteiger partial charge in [-0.2, -0.15) is 0 Å². The zero-order chi connectivity index (χ0) is 11.6. The molecule has 0 amide bonds. The predicted octanol–water partition coefficient (Wildman–Crippen LogP) is 3.69. The van der Waals surface area contributed by atoms with E-state index in [1.165, 1.54) is 32.1 Å². The van der Waals surface area contributed by atoms with Gasteiger partial charge in [-0.3, -0.25) is 4.79 Å². The summed E-state index contributed by atoms with van der Waals surface area (Å²) in [6.45, 7) is 4.43. The Hall–Kier alpha value is -0.530. The van der Waals surface area contributed by atoms with Crippen molar-refractivity contribution in [2.45, 2.75) is 70.8 Å². The summed E-state index contributed by atoms with van der Waals surface area (Å²) in [5.74, 6) is 1.35. The lowest BCUT2D eigenvalue weighted by atomic mass is 9.72. The SMILES string of the molecule is CCCCC1CCC2(CC1)OC(=O)CC2C. The van der Waals surface area contributed by atoms with Crippen molar-refractivity contribution in [3.63, 3.8) is 0 Å². The highest BCUT2D eigenvalue weighted by atomic mass is 16.6. The van der Waals surface area contributed by atoms with E-state index in [2.05, 4.69) is 13.8 Å². The summed E-state index contributed by atoms with van der Waals surface area (Å²) in [5.41, 5.74) is -0.0696. The van der Waals surface area contributed by atoms with Gasteiger partial charge in [0.05, 0.1) is 6.42 Å². The lowest BCUT2D eigenvalue weighted by Gasteiger charge is -2.38. The molecule has 2 fully saturated rings. The molecular formula is C14H24O2. The first-order chi connectivity index (χ1) is 7.66. The Labute approximate surface area is 98.7 Å². The number of carbonyl (C=O) groups is 1. The average Bonchev–Trinajstić information content (AvgIpc) is 2.53. The molecule has 0 N–H and O–H groups in total. The van der Waals surface area contributed by atoms with Gasteiger partial charge in [-0.25, -0.2) is 0 Å². The van der Waals surface area contributed by atoms with E-state index >= 15 is 0 Å². The van der Waals surface area contributed by atoms with Gasteiger partial charge in [0, 0.05) is 5.92 Å². The highest BCUT2D eigenvalue weighted by molar-refractivity contribution is 5.72. The summed E-state index contributed by atoms with van der Waals surface area (Å²) >= 11 is 0. The van der Waals surface area contributed by atoms with Gasteiger partial charge in [0.25, 0.3) is 0 Å². The summed E-state index contributed by atoms with van der Waals surface area (Å²) in [6, 6.07) is 0. The molecular weight excluding hydrogens is 200 g/mol. The number of hydrogen-bond acceptors (Lipinski definition) is 2. The zero-order valence-electron chi connectivity index (χ0n) is 10.6. The van der Waals surface area contributed by atoms with Crippen LogP contribution in [0.1, 0.15) is 65.2 Å². The normalized spacial score (nSPS) is 39.0. The quantitative estimate of drug-likeness (QED) is 0.683. The molecule has 1 aliphatic heterocycles. The second kappa shape index (κ2) is 4.77. The lowest BCUT2D eigenvalue weighted by molar-refractivity contribution is -0.153. The van der Waals surface area contributed by atoms with E-state index in [0.717, 1.165) is 18.8 Å². The van der Waals surface area contributed by atoms with E-state index in [9.17, 15) is 4.79 Å². The van der Waals surface area contributed by atoms with Crippen molar-refractivity contribution in [2.75, 3.05) is 0 Å². The van der Waals surface area contributed by atoms with Crippen molar-refractivity contribution in [3.8, 4) is 0 Å². The van der Waals surface area contributed by atoms with Gasteiger partial charge in [-0.1, -0.05) is 33.1 Å². The van der Waals surface area contributed by atoms with Crippen LogP contribution in [0.5, 0.6) is 0 Å². The van der Waals surface area contributed by atoms with E-state index in [0.29, 0.717) is 12.3 Å². The molecule has 1 spiro atoms. The topological polar surface area (TPSA) is 26.3 Å². The molecule has 0 bridgehead atoms. The van der Waals surface area contributed by atoms with Crippen molar-refractivity contribution in [2.24, 2.45) is 11.8 Å². The van der Waals surface area contributed by atoms with Crippen LogP contribution in [0.3, 0.4) is 0 Å². The summed E-state index contributed by atoms with van der Waals surface area (Å²) < 4.78 is 5.62. The van der Waals surface area contributed by atoms with Crippen LogP contribution in [-0.2, 0) is 9.53 Å². The molecule has 0 aromatic rings. The largest absolute Gasteiger partial charge is 0.459 e. The average molecular weight is 224 g/mol. The van der Waals surface area contributed by atoms with Crippen molar-refractivity contribution < 1.29 is 9.53 Å². The van der Waals surface area contributed by atoms with E-state index in [-0.39, 0.29) is 11.6 Å². The lowest BCUT2D eigenvalue weighted by Crippen LogP contribution is -2.38. The minimum atomic E-state index is -0.0696. The first kappa shape index (κ1) is 11.9. The van der Waals surface area contributed by atoms with E-state index in [1.807, 2.05) is 0 Å². The molecule has 2 nitrogen and oxygen atoms in total. The number of carbonyl (C=O) groups excluding carboxylic acids is 1. The fourth-order valence-corrected chi connectivity index (χ4v) is 3.35. The van der Waals surface area contributed by atoms with Crippen LogP contribution in [0.2, 0.25) is 0 Å². The first-order valence-electron chi connectivity index (χ1n) is 6.88. The standard InChI is InChI=1S/C14H24O2/c1-3-4-5-12-6-8-14(9-7-12)11(2)10-13(15)16-14/h11-12H,3-10H2,1-2H3. The van der Waals surface area contributed by atoms with Gasteiger partial charge < -0.3 is 4.74 Å². The van der Waals surface area contributed by atoms with Crippen LogP contribution in [0.4, 0.5) is 0 Å². The molecule has 16 heavy (non-hydrogen) atoms. The van der Waals surface area contributed by atoms with Gasteiger partial charge in [-0.05, 0) is 31.6 Å². The van der Waals surface area contributed by atoms with Crippen molar-refractivity contribution in [1.29, 1.82) is 0 Å². The van der Waals surface area contributed by atoms with Crippen molar-refractivity contribution >= 4 is 5.97 Å². The molecule has 2 heteroatoms. The van der Waals surface area contributed by atoms with Gasteiger partial charge in [0.2, 0.25) is 0 Å². The maximum absolute atomic E-state index is 11.4. The molecule has 1 saturated carbocycles. The number of esters is 1. The monoisotopic (exact) mass is 224 g/mol. The molecule has 1 aliphatic carbocycles. The second-order valence-electron chi connectivity index (χ2n) is 5.73. The first-order valence-corrected chi connectivity index (χ1v) is 6.88. The Morgan fingerprint density at radius 2 is 2.06 bits per heavy atom. The molecule has 1 saturated heterocycles. The number of rotatable bonds is 3. The van der Waals surface area contributed by atoms with Gasteiger partial charge >= 0.3 is 5.97 Å². The second-order valence-corrected chi connectivity index (χ2v) is 5.73. The maximum atomic E-state index is 11.4. The Morgan fingerprint density at radius 1 is 1.38 bits per heavy atom. The van der Waals surface area contributed by atoms with E-state index < -0.39 is 0 Å². The van der Waals surface area contributed by atoms with Crippen LogP contribution < -0.4 is 0 Å². The van der Waals surface area contributed by atoms with Gasteiger partial charge in [-0.15, -0.1) is 0 Å². The molecule has 1 unspecified atom stereocenters. The molecule has 0 aromatic carbocycles. The Balaban J connectivity index is 1.86. The van der Waals surface area contributed by atoms with Crippen molar-refractivity contribution in [3.05, 3.63) is 0 Å². The van der Waals surface area contributed by atoms with Gasteiger partial charge in [0.15, 0.2) is 0 Å². The number of ether oxygens (including phenoxy) is 1. The molecule has 2 aliphatic rings. The summed E-state index contributed by atoms with van der Waals surface area (Å²) in [6.07, 6.45) is 9.40. The zero-order valence-corrected chi connectivity index (χ0v) is 10.6. The summed E-state index contributed by atoms with van der Waals surface area (Å²) in [7, 11) is 0. The fourth-order valence-electron chi connectivity index (χ4n) is 3.35. The fraction of sp³-hybridized carbons (Fsp3) is 0.929. The van der Waals surface area contributed by atoms with Gasteiger partial charge in [0.1, 0.15) is 5.60 Å². The van der Waals surface area contributed by atoms with Crippen LogP contribution in [0.25, 0.3) is 0 Å². The minimum Gasteiger partial charge on any atom is -0.459 e. The molecule has 0 aromatic heterocycles.